The molecule has 82 valence electrons. The maximum Gasteiger partial charge on any atom is 0.238 e. The van der Waals surface area contributed by atoms with E-state index in [-0.39, 0.29) is 5.91 Å². The molecule has 0 aliphatic heterocycles. The number of halogens is 2. The van der Waals surface area contributed by atoms with E-state index < -0.39 is 0 Å². The van der Waals surface area contributed by atoms with Gasteiger partial charge >= 0.3 is 0 Å². The van der Waals surface area contributed by atoms with Crippen LogP contribution in [0.1, 0.15) is 0 Å². The predicted molar refractivity (Wildman–Crippen MR) is 69.0 cm³/mol. The van der Waals surface area contributed by atoms with Crippen LogP contribution in [0, 0.1) is 0 Å². The first kappa shape index (κ1) is 12.7. The summed E-state index contributed by atoms with van der Waals surface area (Å²) in [6.07, 6.45) is 0. The average molecular weight is 336 g/mol. The molecular weight excluding hydrogens is 324 g/mol. The molecule has 0 unspecified atom stereocenters. The lowest BCUT2D eigenvalue weighted by molar-refractivity contribution is -0.116. The molecule has 0 aliphatic carbocycles. The van der Waals surface area contributed by atoms with Crippen molar-refractivity contribution in [1.82, 2.24) is 4.90 Å². The number of nitrogens with zero attached hydrogens (tertiary/aromatic N) is 1. The van der Waals surface area contributed by atoms with Crippen molar-refractivity contribution in [2.24, 2.45) is 0 Å². The molecule has 0 saturated heterocycles. The minimum Gasteiger partial charge on any atom is -0.324 e. The molecule has 5 heteroatoms. The summed E-state index contributed by atoms with van der Waals surface area (Å²) in [6, 6.07) is 5.65. The van der Waals surface area contributed by atoms with Gasteiger partial charge in [0, 0.05) is 8.95 Å². The number of nitrogens with one attached hydrogen (secondary N) is 1. The SMILES string of the molecule is CN(C)CC(=O)Nc1cc(Br)ccc1Br. The molecule has 0 atom stereocenters. The van der Waals surface area contributed by atoms with Crippen molar-refractivity contribution in [3.8, 4) is 0 Å². The molecule has 1 aromatic carbocycles. The summed E-state index contributed by atoms with van der Waals surface area (Å²) in [5.41, 5.74) is 0.774. The lowest BCUT2D eigenvalue weighted by Crippen LogP contribution is -2.27. The number of hydrogen-bond acceptors (Lipinski definition) is 2. The standard InChI is InChI=1S/C10H12Br2N2O/c1-14(2)6-10(15)13-9-5-7(11)3-4-8(9)12/h3-5H,6H2,1-2H3,(H,13,15). The van der Waals surface area contributed by atoms with Crippen LogP contribution in [0.3, 0.4) is 0 Å². The van der Waals surface area contributed by atoms with Crippen LogP contribution in [0.25, 0.3) is 0 Å². The van der Waals surface area contributed by atoms with Gasteiger partial charge in [-0.2, -0.15) is 0 Å². The lowest BCUT2D eigenvalue weighted by atomic mass is 10.3. The van der Waals surface area contributed by atoms with Crippen LogP contribution < -0.4 is 5.32 Å². The van der Waals surface area contributed by atoms with Crippen LogP contribution in [0.5, 0.6) is 0 Å². The summed E-state index contributed by atoms with van der Waals surface area (Å²) in [5, 5.41) is 2.82. The van der Waals surface area contributed by atoms with Crippen LogP contribution in [0.4, 0.5) is 5.69 Å². The molecule has 1 aromatic rings. The minimum atomic E-state index is -0.0289. The predicted octanol–water partition coefficient (Wildman–Crippen LogP) is 2.71. The van der Waals surface area contributed by atoms with Crippen molar-refractivity contribution in [2.45, 2.75) is 0 Å². The first-order valence-electron chi connectivity index (χ1n) is 4.38. The molecule has 0 aliphatic rings. The zero-order chi connectivity index (χ0) is 11.4. The van der Waals surface area contributed by atoms with Gasteiger partial charge in [-0.3, -0.25) is 4.79 Å². The van der Waals surface area contributed by atoms with Crippen LogP contribution in [0.15, 0.2) is 27.1 Å². The van der Waals surface area contributed by atoms with Crippen molar-refractivity contribution < 1.29 is 4.79 Å². The van der Waals surface area contributed by atoms with Gasteiger partial charge < -0.3 is 10.2 Å². The van der Waals surface area contributed by atoms with Gasteiger partial charge in [-0.15, -0.1) is 0 Å². The summed E-state index contributed by atoms with van der Waals surface area (Å²) in [4.78, 5) is 13.3. The average Bonchev–Trinajstić information content (AvgIpc) is 2.10. The largest absolute Gasteiger partial charge is 0.324 e. The molecule has 15 heavy (non-hydrogen) atoms. The van der Waals surface area contributed by atoms with E-state index in [2.05, 4.69) is 37.2 Å². The van der Waals surface area contributed by atoms with E-state index in [1.165, 1.54) is 0 Å². The summed E-state index contributed by atoms with van der Waals surface area (Å²) in [7, 11) is 3.71. The van der Waals surface area contributed by atoms with Crippen molar-refractivity contribution >= 4 is 43.5 Å². The van der Waals surface area contributed by atoms with E-state index in [9.17, 15) is 4.79 Å². The van der Waals surface area contributed by atoms with Gasteiger partial charge in [0.2, 0.25) is 5.91 Å². The fourth-order valence-corrected chi connectivity index (χ4v) is 1.78. The van der Waals surface area contributed by atoms with Gasteiger partial charge in [-0.25, -0.2) is 0 Å². The van der Waals surface area contributed by atoms with E-state index in [0.717, 1.165) is 14.6 Å². The zero-order valence-electron chi connectivity index (χ0n) is 8.55. The molecule has 0 aromatic heterocycles. The number of hydrogen-bond donors (Lipinski definition) is 1. The Kier molecular flexibility index (Phi) is 4.76. The van der Waals surface area contributed by atoms with Crippen molar-refractivity contribution in [3.05, 3.63) is 27.1 Å². The second-order valence-electron chi connectivity index (χ2n) is 3.41. The summed E-state index contributed by atoms with van der Waals surface area (Å²) in [5.74, 6) is -0.0289. The van der Waals surface area contributed by atoms with Crippen molar-refractivity contribution in [2.75, 3.05) is 26.0 Å². The molecule has 0 fully saturated rings. The Bertz CT molecular complexity index is 366. The van der Waals surface area contributed by atoms with Gasteiger partial charge in [0.1, 0.15) is 0 Å². The topological polar surface area (TPSA) is 32.3 Å². The Hall–Kier alpha value is -0.390. The second kappa shape index (κ2) is 5.63. The number of carbonyl (C=O) groups excluding carboxylic acids is 1. The Morgan fingerprint density at radius 1 is 1.40 bits per heavy atom. The third-order valence-electron chi connectivity index (χ3n) is 1.66. The Morgan fingerprint density at radius 2 is 2.07 bits per heavy atom. The molecule has 1 N–H and O–H groups in total. The first-order chi connectivity index (χ1) is 6.99. The van der Waals surface area contributed by atoms with E-state index in [1.807, 2.05) is 37.2 Å². The van der Waals surface area contributed by atoms with Gasteiger partial charge in [-0.05, 0) is 48.2 Å². The Morgan fingerprint density at radius 3 is 2.67 bits per heavy atom. The van der Waals surface area contributed by atoms with E-state index in [4.69, 9.17) is 0 Å². The lowest BCUT2D eigenvalue weighted by Gasteiger charge is -2.11. The molecule has 0 bridgehead atoms. The number of anilines is 1. The molecule has 3 nitrogen and oxygen atoms in total. The number of likely N-dealkylation sites (N-methyl/N-ethyl adjacent to an activating group) is 1. The third kappa shape index (κ3) is 4.32. The third-order valence-corrected chi connectivity index (χ3v) is 2.85. The fourth-order valence-electron chi connectivity index (χ4n) is 1.07. The summed E-state index contributed by atoms with van der Waals surface area (Å²) >= 11 is 6.73. The molecule has 0 spiro atoms. The first-order valence-corrected chi connectivity index (χ1v) is 5.97. The van der Waals surface area contributed by atoms with Gasteiger partial charge in [0.25, 0.3) is 0 Å². The van der Waals surface area contributed by atoms with E-state index in [0.29, 0.717) is 6.54 Å². The molecule has 0 radical (unpaired) electrons. The van der Waals surface area contributed by atoms with Crippen LogP contribution in [-0.2, 0) is 4.79 Å². The van der Waals surface area contributed by atoms with Crippen LogP contribution in [0.2, 0.25) is 0 Å². The van der Waals surface area contributed by atoms with Gasteiger partial charge in [0.05, 0.1) is 12.2 Å². The van der Waals surface area contributed by atoms with Crippen molar-refractivity contribution in [3.63, 3.8) is 0 Å². The fraction of sp³-hybridized carbons (Fsp3) is 0.300. The summed E-state index contributed by atoms with van der Waals surface area (Å²) < 4.78 is 1.81. The maximum absolute atomic E-state index is 11.5. The number of amides is 1. The monoisotopic (exact) mass is 334 g/mol. The number of rotatable bonds is 3. The highest BCUT2D eigenvalue weighted by Crippen LogP contribution is 2.25. The highest BCUT2D eigenvalue weighted by atomic mass is 79.9. The summed E-state index contributed by atoms with van der Waals surface area (Å²) in [6.45, 7) is 0.374. The number of carbonyl (C=O) groups is 1. The molecule has 1 rings (SSSR count). The maximum atomic E-state index is 11.5. The van der Waals surface area contributed by atoms with Crippen LogP contribution >= 0.6 is 31.9 Å². The normalized spacial score (nSPS) is 10.5. The van der Waals surface area contributed by atoms with E-state index >= 15 is 0 Å². The second-order valence-corrected chi connectivity index (χ2v) is 5.18. The minimum absolute atomic E-state index is 0.0289. The quantitative estimate of drug-likeness (QED) is 0.921. The molecule has 1 amide bonds. The zero-order valence-corrected chi connectivity index (χ0v) is 11.7. The molecule has 0 saturated carbocycles. The molecular formula is C10H12Br2N2O. The van der Waals surface area contributed by atoms with Crippen LogP contribution in [-0.4, -0.2) is 31.4 Å². The smallest absolute Gasteiger partial charge is 0.238 e. The number of benzene rings is 1. The highest BCUT2D eigenvalue weighted by Gasteiger charge is 2.06. The Balaban J connectivity index is 2.71. The van der Waals surface area contributed by atoms with Gasteiger partial charge in [0.15, 0.2) is 0 Å². The van der Waals surface area contributed by atoms with E-state index in [1.54, 1.807) is 0 Å². The Labute approximate surface area is 106 Å². The van der Waals surface area contributed by atoms with Gasteiger partial charge in [-0.1, -0.05) is 15.9 Å². The van der Waals surface area contributed by atoms with Crippen molar-refractivity contribution in [1.29, 1.82) is 0 Å². The molecule has 0 heterocycles. The highest BCUT2D eigenvalue weighted by molar-refractivity contribution is 9.11.